The summed E-state index contributed by atoms with van der Waals surface area (Å²) in [5.41, 5.74) is 2.20. The monoisotopic (exact) mass is 378 g/mol. The van der Waals surface area contributed by atoms with Crippen LogP contribution in [0.1, 0.15) is 49.0 Å². The van der Waals surface area contributed by atoms with Crippen molar-refractivity contribution in [3.63, 3.8) is 0 Å². The largest absolute Gasteiger partial charge is 0.487 e. The van der Waals surface area contributed by atoms with Crippen molar-refractivity contribution in [1.82, 2.24) is 14.8 Å². The van der Waals surface area contributed by atoms with Crippen molar-refractivity contribution in [1.29, 1.82) is 0 Å². The molecular weight excluding hydrogens is 356 g/mol. The highest BCUT2D eigenvalue weighted by Crippen LogP contribution is 2.36. The summed E-state index contributed by atoms with van der Waals surface area (Å²) in [5, 5.41) is 5.68. The lowest BCUT2D eigenvalue weighted by Gasteiger charge is -2.24. The molecule has 0 radical (unpaired) electrons. The van der Waals surface area contributed by atoms with Gasteiger partial charge in [-0.3, -0.25) is 24.4 Å². The predicted molar refractivity (Wildman–Crippen MR) is 106 cm³/mol. The molecule has 0 spiro atoms. The fourth-order valence-corrected chi connectivity index (χ4v) is 3.49. The standard InChI is InChI=1S/C21H22N4O3/c1-13(2)25-20-19(21(27)24-25)17(11-18(26)23-20)14-6-8-16(9-7-14)28-12-15-5-3-4-10-22-15/h3-10,13,17H,11-12H2,1-2H3,(H,23,26)(H,24,27)/t17-/m0/s1. The maximum atomic E-state index is 12.5. The second kappa shape index (κ2) is 7.34. The number of rotatable bonds is 5. The number of hydrogen-bond acceptors (Lipinski definition) is 4. The summed E-state index contributed by atoms with van der Waals surface area (Å²) in [5.74, 6) is 0.902. The van der Waals surface area contributed by atoms with Crippen molar-refractivity contribution in [3.05, 3.63) is 75.8 Å². The van der Waals surface area contributed by atoms with E-state index in [0.717, 1.165) is 11.3 Å². The molecule has 28 heavy (non-hydrogen) atoms. The summed E-state index contributed by atoms with van der Waals surface area (Å²) < 4.78 is 7.48. The Morgan fingerprint density at radius 2 is 1.96 bits per heavy atom. The second-order valence-corrected chi connectivity index (χ2v) is 7.15. The van der Waals surface area contributed by atoms with Crippen LogP contribution in [-0.2, 0) is 11.4 Å². The first-order valence-corrected chi connectivity index (χ1v) is 9.30. The summed E-state index contributed by atoms with van der Waals surface area (Å²) in [6, 6.07) is 13.3. The first-order valence-electron chi connectivity index (χ1n) is 9.30. The molecule has 0 bridgehead atoms. The average molecular weight is 378 g/mol. The fourth-order valence-electron chi connectivity index (χ4n) is 3.49. The predicted octanol–water partition coefficient (Wildman–Crippen LogP) is 3.21. The molecular formula is C21H22N4O3. The van der Waals surface area contributed by atoms with Crippen LogP contribution in [0.3, 0.4) is 0 Å². The lowest BCUT2D eigenvalue weighted by atomic mass is 9.87. The number of H-pyrrole nitrogens is 1. The van der Waals surface area contributed by atoms with Gasteiger partial charge >= 0.3 is 0 Å². The van der Waals surface area contributed by atoms with Crippen LogP contribution in [-0.4, -0.2) is 20.7 Å². The minimum Gasteiger partial charge on any atom is -0.487 e. The molecule has 1 aliphatic heterocycles. The number of amides is 1. The minimum atomic E-state index is -0.280. The third-order valence-corrected chi connectivity index (χ3v) is 4.87. The molecule has 7 heteroatoms. The molecule has 1 aliphatic rings. The van der Waals surface area contributed by atoms with Crippen LogP contribution >= 0.6 is 0 Å². The van der Waals surface area contributed by atoms with E-state index >= 15 is 0 Å². The number of nitrogens with one attached hydrogen (secondary N) is 2. The minimum absolute atomic E-state index is 0.0397. The highest BCUT2D eigenvalue weighted by atomic mass is 16.5. The highest BCUT2D eigenvalue weighted by molar-refractivity contribution is 5.94. The Labute approximate surface area is 162 Å². The Balaban J connectivity index is 1.58. The fraction of sp³-hybridized carbons (Fsp3) is 0.286. The molecule has 2 N–H and O–H groups in total. The summed E-state index contributed by atoms with van der Waals surface area (Å²) in [6.07, 6.45) is 1.97. The van der Waals surface area contributed by atoms with Crippen molar-refractivity contribution in [2.24, 2.45) is 0 Å². The van der Waals surface area contributed by atoms with E-state index in [1.165, 1.54) is 0 Å². The Morgan fingerprint density at radius 1 is 1.18 bits per heavy atom. The van der Waals surface area contributed by atoms with Crippen molar-refractivity contribution >= 4 is 11.7 Å². The molecule has 0 saturated heterocycles. The van der Waals surface area contributed by atoms with Crippen molar-refractivity contribution in [3.8, 4) is 5.75 Å². The third-order valence-electron chi connectivity index (χ3n) is 4.87. The molecule has 3 aromatic rings. The number of pyridine rings is 1. The van der Waals surface area contributed by atoms with E-state index in [4.69, 9.17) is 4.74 Å². The first kappa shape index (κ1) is 18.0. The summed E-state index contributed by atoms with van der Waals surface area (Å²) >= 11 is 0. The number of aromatic amines is 1. The summed E-state index contributed by atoms with van der Waals surface area (Å²) in [6.45, 7) is 4.30. The van der Waals surface area contributed by atoms with Crippen LogP contribution in [0.15, 0.2) is 53.5 Å². The topological polar surface area (TPSA) is 89.0 Å². The van der Waals surface area contributed by atoms with Crippen molar-refractivity contribution < 1.29 is 9.53 Å². The van der Waals surface area contributed by atoms with E-state index in [0.29, 0.717) is 23.7 Å². The number of benzene rings is 1. The zero-order chi connectivity index (χ0) is 19.7. The number of carbonyl (C=O) groups excluding carboxylic acids is 1. The number of aromatic nitrogens is 3. The molecule has 0 unspecified atom stereocenters. The molecule has 1 atom stereocenters. The van der Waals surface area contributed by atoms with E-state index in [-0.39, 0.29) is 29.8 Å². The third kappa shape index (κ3) is 3.43. The van der Waals surface area contributed by atoms with Crippen LogP contribution in [0.2, 0.25) is 0 Å². The quantitative estimate of drug-likeness (QED) is 0.713. The number of carbonyl (C=O) groups is 1. The second-order valence-electron chi connectivity index (χ2n) is 7.15. The van der Waals surface area contributed by atoms with Gasteiger partial charge < -0.3 is 10.1 Å². The summed E-state index contributed by atoms with van der Waals surface area (Å²) in [7, 11) is 0. The van der Waals surface area contributed by atoms with E-state index in [1.54, 1.807) is 10.9 Å². The van der Waals surface area contributed by atoms with Gasteiger partial charge in [-0.2, -0.15) is 0 Å². The Hall–Kier alpha value is -3.35. The number of nitrogens with zero attached hydrogens (tertiary/aromatic N) is 2. The van der Waals surface area contributed by atoms with Gasteiger partial charge in [0.05, 0.1) is 11.3 Å². The van der Waals surface area contributed by atoms with Gasteiger partial charge in [0.2, 0.25) is 5.91 Å². The van der Waals surface area contributed by atoms with Gasteiger partial charge in [0, 0.05) is 24.6 Å². The maximum Gasteiger partial charge on any atom is 0.270 e. The van der Waals surface area contributed by atoms with Crippen molar-refractivity contribution in [2.45, 2.75) is 38.8 Å². The molecule has 0 saturated carbocycles. The number of hydrogen-bond donors (Lipinski definition) is 2. The molecule has 0 aliphatic carbocycles. The van der Waals surface area contributed by atoms with Crippen molar-refractivity contribution in [2.75, 3.05) is 5.32 Å². The SMILES string of the molecule is CC(C)n1[nH]c(=O)c2c1NC(=O)C[C@H]2c1ccc(OCc2ccccn2)cc1. The smallest absolute Gasteiger partial charge is 0.270 e. The Kier molecular flexibility index (Phi) is 4.73. The molecule has 0 fully saturated rings. The normalized spacial score (nSPS) is 16.0. The van der Waals surface area contributed by atoms with Gasteiger partial charge in [-0.1, -0.05) is 18.2 Å². The van der Waals surface area contributed by atoms with E-state index < -0.39 is 0 Å². The lowest BCUT2D eigenvalue weighted by molar-refractivity contribution is -0.116. The molecule has 3 heterocycles. The van der Waals surface area contributed by atoms with Gasteiger partial charge in [0.25, 0.3) is 5.56 Å². The lowest BCUT2D eigenvalue weighted by Crippen LogP contribution is -2.27. The number of fused-ring (bicyclic) bond motifs is 1. The molecule has 2 aromatic heterocycles. The van der Waals surface area contributed by atoms with Gasteiger partial charge in [0.1, 0.15) is 18.2 Å². The van der Waals surface area contributed by atoms with Gasteiger partial charge in [-0.05, 0) is 43.7 Å². The van der Waals surface area contributed by atoms with Gasteiger partial charge in [0.15, 0.2) is 0 Å². The van der Waals surface area contributed by atoms with Gasteiger partial charge in [-0.15, -0.1) is 0 Å². The molecule has 7 nitrogen and oxygen atoms in total. The molecule has 144 valence electrons. The highest BCUT2D eigenvalue weighted by Gasteiger charge is 2.32. The maximum absolute atomic E-state index is 12.5. The molecule has 1 aromatic carbocycles. The molecule has 4 rings (SSSR count). The number of ether oxygens (including phenoxy) is 1. The molecule has 1 amide bonds. The Bertz CT molecular complexity index is 1040. The number of anilines is 1. The first-order chi connectivity index (χ1) is 13.5. The van der Waals surface area contributed by atoms with E-state index in [2.05, 4.69) is 15.4 Å². The summed E-state index contributed by atoms with van der Waals surface area (Å²) in [4.78, 5) is 29.0. The zero-order valence-electron chi connectivity index (χ0n) is 15.8. The van der Waals surface area contributed by atoms with Gasteiger partial charge in [-0.25, -0.2) is 0 Å². The van der Waals surface area contributed by atoms with E-state index in [9.17, 15) is 9.59 Å². The van der Waals surface area contributed by atoms with Crippen LogP contribution in [0.25, 0.3) is 0 Å². The van der Waals surface area contributed by atoms with E-state index in [1.807, 2.05) is 56.3 Å². The average Bonchev–Trinajstić information content (AvgIpc) is 3.03. The van der Waals surface area contributed by atoms with Crippen LogP contribution in [0.4, 0.5) is 5.82 Å². The Morgan fingerprint density at radius 3 is 2.64 bits per heavy atom. The van der Waals surface area contributed by atoms with Crippen LogP contribution in [0, 0.1) is 0 Å². The zero-order valence-corrected chi connectivity index (χ0v) is 15.8. The van der Waals surface area contributed by atoms with Crippen LogP contribution < -0.4 is 15.6 Å². The van der Waals surface area contributed by atoms with Crippen LogP contribution in [0.5, 0.6) is 5.75 Å².